The van der Waals surface area contributed by atoms with E-state index in [0.29, 0.717) is 31.4 Å². The lowest BCUT2D eigenvalue weighted by atomic mass is 9.72. The van der Waals surface area contributed by atoms with E-state index >= 15 is 0 Å². The molecule has 0 aromatic heterocycles. The second-order valence-electron chi connectivity index (χ2n) is 9.80. The van der Waals surface area contributed by atoms with Crippen molar-refractivity contribution in [3.05, 3.63) is 29.3 Å². The number of alkyl halides is 3. The molecule has 1 fully saturated rings. The van der Waals surface area contributed by atoms with Gasteiger partial charge in [0.05, 0.1) is 12.4 Å². The first-order valence-electron chi connectivity index (χ1n) is 12.9. The van der Waals surface area contributed by atoms with Crippen LogP contribution in [0.2, 0.25) is 0 Å². The third kappa shape index (κ3) is 9.92. The summed E-state index contributed by atoms with van der Waals surface area (Å²) in [5, 5.41) is 10.7. The number of aliphatic carboxylic acids is 1. The summed E-state index contributed by atoms with van der Waals surface area (Å²) in [5.74, 6) is 0.0386. The van der Waals surface area contributed by atoms with E-state index in [1.54, 1.807) is 0 Å². The van der Waals surface area contributed by atoms with E-state index in [-0.39, 0.29) is 11.5 Å². The molecule has 2 aliphatic carbocycles. The Morgan fingerprint density at radius 1 is 1.14 bits per heavy atom. The van der Waals surface area contributed by atoms with Gasteiger partial charge < -0.3 is 15.2 Å². The van der Waals surface area contributed by atoms with Gasteiger partial charge in [0.1, 0.15) is 15.6 Å². The number of rotatable bonds is 10. The van der Waals surface area contributed by atoms with E-state index in [1.165, 1.54) is 56.1 Å². The topological polar surface area (TPSA) is 92.7 Å². The van der Waals surface area contributed by atoms with Gasteiger partial charge >= 0.3 is 12.1 Å². The van der Waals surface area contributed by atoms with Crippen LogP contribution in [-0.4, -0.2) is 56.9 Å². The number of sulfone groups is 1. The highest BCUT2D eigenvalue weighted by atomic mass is 32.2. The van der Waals surface area contributed by atoms with Crippen LogP contribution >= 0.6 is 0 Å². The molecule has 206 valence electrons. The van der Waals surface area contributed by atoms with Crippen LogP contribution < -0.4 is 10.1 Å². The maximum absolute atomic E-state index is 11.9. The first-order chi connectivity index (χ1) is 17.0. The Bertz CT molecular complexity index is 930. The Morgan fingerprint density at radius 3 is 2.39 bits per heavy atom. The molecule has 2 N–H and O–H groups in total. The molecule has 0 radical (unpaired) electrons. The number of ether oxygens (including phenoxy) is 1. The molecule has 0 heterocycles. The van der Waals surface area contributed by atoms with E-state index in [9.17, 15) is 21.6 Å². The molecule has 2 atom stereocenters. The first-order valence-corrected chi connectivity index (χ1v) is 14.7. The smallest absolute Gasteiger partial charge is 0.490 e. The molecule has 0 saturated heterocycles. The number of carboxylic acids is 1. The van der Waals surface area contributed by atoms with Crippen LogP contribution in [-0.2, 0) is 21.1 Å². The number of carboxylic acid groups (broad SMARTS) is 1. The average Bonchev–Trinajstić information content (AvgIpc) is 2.82. The molecule has 10 heteroatoms. The van der Waals surface area contributed by atoms with Crippen molar-refractivity contribution in [1.29, 1.82) is 0 Å². The van der Waals surface area contributed by atoms with Crippen molar-refractivity contribution in [3.8, 4) is 5.75 Å². The number of fused-ring (bicyclic) bond motifs is 1. The number of halogens is 3. The van der Waals surface area contributed by atoms with E-state index < -0.39 is 22.0 Å². The molecular formula is C26H40F3NO5S. The molecule has 0 bridgehead atoms. The Labute approximate surface area is 212 Å². The minimum absolute atomic E-state index is 0.220. The molecule has 6 nitrogen and oxygen atoms in total. The molecule has 1 aromatic rings. The highest BCUT2D eigenvalue weighted by Crippen LogP contribution is 2.41. The maximum Gasteiger partial charge on any atom is 0.490 e. The molecule has 2 aliphatic rings. The third-order valence-electron chi connectivity index (χ3n) is 7.04. The van der Waals surface area contributed by atoms with Gasteiger partial charge in [-0.1, -0.05) is 45.1 Å². The number of nitrogens with one attached hydrogen (secondary N) is 1. The van der Waals surface area contributed by atoms with Gasteiger partial charge in [0.25, 0.3) is 0 Å². The normalized spacial score (nSPS) is 20.7. The number of hydrogen-bond donors (Lipinski definition) is 2. The van der Waals surface area contributed by atoms with Gasteiger partial charge in [0.2, 0.25) is 0 Å². The number of benzene rings is 1. The molecule has 36 heavy (non-hydrogen) atoms. The van der Waals surface area contributed by atoms with Crippen molar-refractivity contribution in [1.82, 2.24) is 5.32 Å². The van der Waals surface area contributed by atoms with Gasteiger partial charge in [-0.2, -0.15) is 13.2 Å². The summed E-state index contributed by atoms with van der Waals surface area (Å²) in [7, 11) is -0.827. The average molecular weight is 536 g/mol. The maximum atomic E-state index is 11.9. The molecule has 0 aliphatic heterocycles. The minimum Gasteiger partial charge on any atom is -0.494 e. The Hall–Kier alpha value is -1.81. The lowest BCUT2D eigenvalue weighted by molar-refractivity contribution is -0.192. The summed E-state index contributed by atoms with van der Waals surface area (Å²) in [5.41, 5.74) is 2.92. The van der Waals surface area contributed by atoms with Crippen LogP contribution in [0, 0.1) is 5.92 Å². The van der Waals surface area contributed by atoms with Crippen LogP contribution in [0.1, 0.15) is 81.8 Å². The Kier molecular flexibility index (Phi) is 12.0. The van der Waals surface area contributed by atoms with Crippen molar-refractivity contribution >= 4 is 15.8 Å². The molecule has 0 spiro atoms. The van der Waals surface area contributed by atoms with Crippen LogP contribution in [0.3, 0.4) is 0 Å². The van der Waals surface area contributed by atoms with Gasteiger partial charge in [-0.3, -0.25) is 0 Å². The fourth-order valence-corrected chi connectivity index (χ4v) is 6.65. The highest BCUT2D eigenvalue weighted by Gasteiger charge is 2.38. The van der Waals surface area contributed by atoms with E-state index in [1.807, 2.05) is 6.92 Å². The summed E-state index contributed by atoms with van der Waals surface area (Å²) in [6.45, 7) is 2.37. The van der Waals surface area contributed by atoms with Crippen molar-refractivity contribution < 1.29 is 36.2 Å². The largest absolute Gasteiger partial charge is 0.494 e. The fraction of sp³-hybridized carbons (Fsp3) is 0.731. The van der Waals surface area contributed by atoms with Gasteiger partial charge in [-0.05, 0) is 74.2 Å². The van der Waals surface area contributed by atoms with Crippen LogP contribution in [0.15, 0.2) is 18.2 Å². The number of hydrogen-bond acceptors (Lipinski definition) is 5. The molecule has 1 aromatic carbocycles. The van der Waals surface area contributed by atoms with E-state index in [4.69, 9.17) is 14.6 Å². The van der Waals surface area contributed by atoms with E-state index in [0.717, 1.165) is 18.1 Å². The quantitative estimate of drug-likeness (QED) is 0.384. The zero-order chi connectivity index (χ0) is 26.8. The Balaban J connectivity index is 0.000000572. The summed E-state index contributed by atoms with van der Waals surface area (Å²) in [4.78, 5) is 8.90. The van der Waals surface area contributed by atoms with Crippen LogP contribution in [0.4, 0.5) is 13.2 Å². The number of aryl methyl sites for hydroxylation is 1. The standard InChI is InChI=1S/C24H39NO3S.C2HF3O2/c1-3-15-29(26,27)16-7-14-28-21-12-10-20-11-13-24(25-2)23(22(20)18-21)17-19-8-5-4-6-9-19;3-2(4,5)1(6)7/h10,12,18-19,23-25H,3-9,11,13-17H2,1-2H3;(H,6,7). The SMILES string of the molecule is CCCS(=O)(=O)CCCOc1ccc2c(c1)C(CC1CCCCC1)C(NC)CC2.O=C(O)C(F)(F)F. The predicted octanol–water partition coefficient (Wildman–Crippen LogP) is 5.50. The minimum atomic E-state index is -5.08. The molecule has 3 rings (SSSR count). The molecule has 0 amide bonds. The predicted molar refractivity (Wildman–Crippen MR) is 134 cm³/mol. The van der Waals surface area contributed by atoms with Gasteiger partial charge in [0, 0.05) is 11.8 Å². The fourth-order valence-electron chi connectivity index (χ4n) is 5.27. The monoisotopic (exact) mass is 535 g/mol. The first kappa shape index (κ1) is 30.4. The molecule has 1 saturated carbocycles. The molecular weight excluding hydrogens is 495 g/mol. The van der Waals surface area contributed by atoms with Crippen LogP contribution in [0.5, 0.6) is 5.75 Å². The van der Waals surface area contributed by atoms with Crippen molar-refractivity contribution in [2.75, 3.05) is 25.2 Å². The summed E-state index contributed by atoms with van der Waals surface area (Å²) in [6, 6.07) is 7.08. The molecule has 2 unspecified atom stereocenters. The highest BCUT2D eigenvalue weighted by molar-refractivity contribution is 7.91. The zero-order valence-corrected chi connectivity index (χ0v) is 22.1. The Morgan fingerprint density at radius 2 is 1.81 bits per heavy atom. The van der Waals surface area contributed by atoms with Gasteiger partial charge in [-0.25, -0.2) is 13.2 Å². The second-order valence-corrected chi connectivity index (χ2v) is 12.1. The number of likely N-dealkylation sites (N-methyl/N-ethyl adjacent to an activating group) is 1. The third-order valence-corrected chi connectivity index (χ3v) is 8.98. The number of carbonyl (C=O) groups is 1. The van der Waals surface area contributed by atoms with Crippen molar-refractivity contribution in [2.45, 2.75) is 89.3 Å². The van der Waals surface area contributed by atoms with Crippen molar-refractivity contribution in [3.63, 3.8) is 0 Å². The summed E-state index contributed by atoms with van der Waals surface area (Å²) < 4.78 is 61.4. The summed E-state index contributed by atoms with van der Waals surface area (Å²) >= 11 is 0. The van der Waals surface area contributed by atoms with Gasteiger partial charge in [-0.15, -0.1) is 0 Å². The van der Waals surface area contributed by atoms with Gasteiger partial charge in [0.15, 0.2) is 0 Å². The van der Waals surface area contributed by atoms with E-state index in [2.05, 4.69) is 30.6 Å². The second kappa shape index (κ2) is 14.2. The van der Waals surface area contributed by atoms with Crippen molar-refractivity contribution in [2.24, 2.45) is 5.92 Å². The zero-order valence-electron chi connectivity index (χ0n) is 21.3. The lowest BCUT2D eigenvalue weighted by Gasteiger charge is -2.37. The lowest BCUT2D eigenvalue weighted by Crippen LogP contribution is -2.37. The van der Waals surface area contributed by atoms with Crippen LogP contribution in [0.25, 0.3) is 0 Å². The summed E-state index contributed by atoms with van der Waals surface area (Å²) in [6.07, 6.45) is 6.70.